The van der Waals surface area contributed by atoms with Crippen molar-refractivity contribution in [2.24, 2.45) is 5.84 Å². The molecule has 0 spiro atoms. The molecule has 0 radical (unpaired) electrons. The third-order valence-corrected chi connectivity index (χ3v) is 2.11. The summed E-state index contributed by atoms with van der Waals surface area (Å²) in [5, 5.41) is 0. The van der Waals surface area contributed by atoms with Gasteiger partial charge in [-0.2, -0.15) is 13.2 Å². The maximum Gasteiger partial charge on any atom is 0.396 e. The molecular formula is C9H13F3N4. The smallest absolute Gasteiger partial charge is 0.308 e. The first kappa shape index (κ1) is 12.7. The molecule has 0 fully saturated rings. The number of hydrazine groups is 1. The first-order valence-corrected chi connectivity index (χ1v) is 4.77. The van der Waals surface area contributed by atoms with Crippen LogP contribution in [-0.2, 0) is 12.8 Å². The van der Waals surface area contributed by atoms with E-state index < -0.39 is 12.6 Å². The highest BCUT2D eigenvalue weighted by Gasteiger charge is 2.30. The zero-order chi connectivity index (χ0) is 12.3. The summed E-state index contributed by atoms with van der Waals surface area (Å²) in [4.78, 5) is 7.55. The van der Waals surface area contributed by atoms with E-state index in [0.29, 0.717) is 12.1 Å². The number of alkyl halides is 3. The summed E-state index contributed by atoms with van der Waals surface area (Å²) < 4.78 is 36.5. The summed E-state index contributed by atoms with van der Waals surface area (Å²) >= 11 is 0. The van der Waals surface area contributed by atoms with Gasteiger partial charge in [-0.15, -0.1) is 0 Å². The Morgan fingerprint density at radius 3 is 2.38 bits per heavy atom. The Bertz CT molecular complexity index is 376. The Kier molecular flexibility index (Phi) is 3.69. The number of aryl methyl sites for hydroxylation is 1. The summed E-state index contributed by atoms with van der Waals surface area (Å²) in [6, 6.07) is 0. The fourth-order valence-electron chi connectivity index (χ4n) is 1.45. The van der Waals surface area contributed by atoms with Crippen LogP contribution in [0, 0.1) is 6.92 Å². The molecule has 1 heterocycles. The lowest BCUT2D eigenvalue weighted by molar-refractivity contribution is -0.128. The van der Waals surface area contributed by atoms with Gasteiger partial charge in [0.15, 0.2) is 0 Å². The first-order chi connectivity index (χ1) is 7.37. The van der Waals surface area contributed by atoms with Crippen molar-refractivity contribution in [1.29, 1.82) is 0 Å². The molecule has 7 heteroatoms. The van der Waals surface area contributed by atoms with Crippen LogP contribution in [-0.4, -0.2) is 16.1 Å². The molecule has 3 N–H and O–H groups in total. The second kappa shape index (κ2) is 4.65. The van der Waals surface area contributed by atoms with Crippen LogP contribution in [0.15, 0.2) is 0 Å². The van der Waals surface area contributed by atoms with Crippen LogP contribution in [0.5, 0.6) is 0 Å². The molecule has 0 unspecified atom stereocenters. The third kappa shape index (κ3) is 3.06. The summed E-state index contributed by atoms with van der Waals surface area (Å²) in [5.74, 6) is 5.20. The van der Waals surface area contributed by atoms with Crippen molar-refractivity contribution in [1.82, 2.24) is 9.97 Å². The molecule has 0 aliphatic carbocycles. The lowest BCUT2D eigenvalue weighted by Gasteiger charge is -2.12. The topological polar surface area (TPSA) is 63.8 Å². The lowest BCUT2D eigenvalue weighted by atomic mass is 10.1. The van der Waals surface area contributed by atoms with Gasteiger partial charge < -0.3 is 5.43 Å². The third-order valence-electron chi connectivity index (χ3n) is 2.11. The SMILES string of the molecule is CCc1c(C)nc(CC(F)(F)F)nc1NN. The van der Waals surface area contributed by atoms with E-state index in [1.165, 1.54) is 0 Å². The Morgan fingerprint density at radius 1 is 1.31 bits per heavy atom. The number of halogens is 3. The minimum Gasteiger partial charge on any atom is -0.308 e. The van der Waals surface area contributed by atoms with E-state index in [1.807, 2.05) is 6.92 Å². The normalized spacial score (nSPS) is 11.6. The quantitative estimate of drug-likeness (QED) is 0.617. The fraction of sp³-hybridized carbons (Fsp3) is 0.556. The van der Waals surface area contributed by atoms with E-state index in [1.54, 1.807) is 6.92 Å². The molecule has 0 saturated carbocycles. The summed E-state index contributed by atoms with van der Waals surface area (Å²) in [6.07, 6.45) is -4.85. The number of hydrogen-bond donors (Lipinski definition) is 2. The van der Waals surface area contributed by atoms with Gasteiger partial charge in [0.1, 0.15) is 18.1 Å². The van der Waals surface area contributed by atoms with Crippen LogP contribution in [0.3, 0.4) is 0 Å². The monoisotopic (exact) mass is 234 g/mol. The van der Waals surface area contributed by atoms with Crippen molar-refractivity contribution in [3.63, 3.8) is 0 Å². The molecule has 0 saturated heterocycles. The van der Waals surface area contributed by atoms with Crippen LogP contribution in [0.4, 0.5) is 19.0 Å². The fourth-order valence-corrected chi connectivity index (χ4v) is 1.45. The molecule has 0 bridgehead atoms. The molecule has 90 valence electrons. The van der Waals surface area contributed by atoms with Crippen LogP contribution in [0.1, 0.15) is 24.0 Å². The maximum absolute atomic E-state index is 12.2. The molecule has 16 heavy (non-hydrogen) atoms. The lowest BCUT2D eigenvalue weighted by Crippen LogP contribution is -2.19. The average molecular weight is 234 g/mol. The van der Waals surface area contributed by atoms with E-state index >= 15 is 0 Å². The van der Waals surface area contributed by atoms with E-state index in [2.05, 4.69) is 15.4 Å². The van der Waals surface area contributed by atoms with E-state index in [-0.39, 0.29) is 11.6 Å². The second-order valence-electron chi connectivity index (χ2n) is 3.34. The Hall–Kier alpha value is -1.37. The van der Waals surface area contributed by atoms with E-state index in [0.717, 1.165) is 5.56 Å². The molecule has 0 aliphatic heterocycles. The van der Waals surface area contributed by atoms with Crippen molar-refractivity contribution in [3.8, 4) is 0 Å². The van der Waals surface area contributed by atoms with E-state index in [9.17, 15) is 13.2 Å². The zero-order valence-electron chi connectivity index (χ0n) is 9.02. The molecule has 4 nitrogen and oxygen atoms in total. The average Bonchev–Trinajstić information content (AvgIpc) is 2.14. The minimum absolute atomic E-state index is 0.259. The minimum atomic E-state index is -4.31. The van der Waals surface area contributed by atoms with Crippen molar-refractivity contribution in [2.75, 3.05) is 5.43 Å². The van der Waals surface area contributed by atoms with Gasteiger partial charge in [0.05, 0.1) is 0 Å². The van der Waals surface area contributed by atoms with Crippen molar-refractivity contribution >= 4 is 5.82 Å². The number of nitrogen functional groups attached to an aromatic ring is 1. The number of nitrogens with zero attached hydrogens (tertiary/aromatic N) is 2. The van der Waals surface area contributed by atoms with Gasteiger partial charge in [0.25, 0.3) is 0 Å². The number of anilines is 1. The van der Waals surface area contributed by atoms with Gasteiger partial charge in [-0.05, 0) is 13.3 Å². The Morgan fingerprint density at radius 2 is 1.94 bits per heavy atom. The Labute approximate surface area is 91.1 Å². The number of aromatic nitrogens is 2. The number of nitrogens with one attached hydrogen (secondary N) is 1. The van der Waals surface area contributed by atoms with Gasteiger partial charge in [0, 0.05) is 11.3 Å². The molecule has 0 amide bonds. The summed E-state index contributed by atoms with van der Waals surface area (Å²) in [7, 11) is 0. The molecule has 1 rings (SSSR count). The first-order valence-electron chi connectivity index (χ1n) is 4.77. The van der Waals surface area contributed by atoms with Crippen molar-refractivity contribution in [3.05, 3.63) is 17.1 Å². The largest absolute Gasteiger partial charge is 0.396 e. The van der Waals surface area contributed by atoms with Crippen molar-refractivity contribution < 1.29 is 13.2 Å². The highest BCUT2D eigenvalue weighted by Crippen LogP contribution is 2.22. The van der Waals surface area contributed by atoms with Gasteiger partial charge >= 0.3 is 6.18 Å². The van der Waals surface area contributed by atoms with E-state index in [4.69, 9.17) is 5.84 Å². The summed E-state index contributed by atoms with van der Waals surface area (Å²) in [6.45, 7) is 3.50. The predicted octanol–water partition coefficient (Wildman–Crippen LogP) is 1.74. The molecular weight excluding hydrogens is 221 g/mol. The van der Waals surface area contributed by atoms with Gasteiger partial charge in [-0.1, -0.05) is 6.92 Å². The van der Waals surface area contributed by atoms with Gasteiger partial charge in [0.2, 0.25) is 0 Å². The predicted molar refractivity (Wildman–Crippen MR) is 53.7 cm³/mol. The summed E-state index contributed by atoms with van der Waals surface area (Å²) in [5.41, 5.74) is 3.54. The standard InChI is InChI=1S/C9H13F3N4/c1-3-6-5(2)14-7(4-9(10,11)12)15-8(6)16-13/h3-4,13H2,1-2H3,(H,14,15,16). The molecule has 1 aromatic heterocycles. The Balaban J connectivity index is 3.10. The molecule has 0 aliphatic rings. The molecule has 0 atom stereocenters. The number of hydrogen-bond acceptors (Lipinski definition) is 4. The number of nitrogens with two attached hydrogens (primary N) is 1. The van der Waals surface area contributed by atoms with Crippen LogP contribution in [0.25, 0.3) is 0 Å². The molecule has 1 aromatic rings. The van der Waals surface area contributed by atoms with Crippen LogP contribution in [0.2, 0.25) is 0 Å². The zero-order valence-corrected chi connectivity index (χ0v) is 9.02. The number of rotatable bonds is 3. The van der Waals surface area contributed by atoms with Crippen LogP contribution >= 0.6 is 0 Å². The van der Waals surface area contributed by atoms with Crippen LogP contribution < -0.4 is 11.3 Å². The van der Waals surface area contributed by atoms with Crippen molar-refractivity contribution in [2.45, 2.75) is 32.9 Å². The highest BCUT2D eigenvalue weighted by atomic mass is 19.4. The maximum atomic E-state index is 12.2. The highest BCUT2D eigenvalue weighted by molar-refractivity contribution is 5.45. The second-order valence-corrected chi connectivity index (χ2v) is 3.34. The molecule has 0 aromatic carbocycles. The van der Waals surface area contributed by atoms with Gasteiger partial charge in [-0.3, -0.25) is 0 Å². The van der Waals surface area contributed by atoms with Gasteiger partial charge in [-0.25, -0.2) is 15.8 Å².